The molecule has 0 aliphatic rings. The van der Waals surface area contributed by atoms with Gasteiger partial charge in [-0.2, -0.15) is 0 Å². The van der Waals surface area contributed by atoms with E-state index in [9.17, 15) is 0 Å². The highest BCUT2D eigenvalue weighted by Crippen LogP contribution is 2.19. The Balaban J connectivity index is 2.94. The molecule has 0 heterocycles. The molecular weight excluding hydrogens is 174 g/mol. The van der Waals surface area contributed by atoms with Crippen molar-refractivity contribution in [1.29, 1.82) is 0 Å². The summed E-state index contributed by atoms with van der Waals surface area (Å²) < 4.78 is 0. The Morgan fingerprint density at radius 1 is 1.58 bits per heavy atom. The van der Waals surface area contributed by atoms with Gasteiger partial charge in [0.15, 0.2) is 0 Å². The third-order valence-corrected chi connectivity index (χ3v) is 1.79. The van der Waals surface area contributed by atoms with Crippen molar-refractivity contribution in [2.75, 3.05) is 0 Å². The van der Waals surface area contributed by atoms with E-state index in [0.717, 1.165) is 5.56 Å². The first-order valence-electron chi connectivity index (χ1n) is 3.53. The SMILES string of the molecule is C[C@H](N=[N+]=[N-])c1cccc(Cl)c1. The van der Waals surface area contributed by atoms with Crippen molar-refractivity contribution in [2.24, 2.45) is 5.11 Å². The van der Waals surface area contributed by atoms with Crippen molar-refractivity contribution >= 4 is 11.6 Å². The maximum absolute atomic E-state index is 8.19. The van der Waals surface area contributed by atoms with Crippen molar-refractivity contribution in [1.82, 2.24) is 0 Å². The van der Waals surface area contributed by atoms with Gasteiger partial charge in [0.1, 0.15) is 0 Å². The standard InChI is InChI=1S/C8H8ClN3/c1-6(11-12-10)7-3-2-4-8(9)5-7/h2-6H,1H3/t6-/m0/s1. The largest absolute Gasteiger partial charge is 0.0862 e. The minimum absolute atomic E-state index is 0.159. The first kappa shape index (κ1) is 8.91. The Hall–Kier alpha value is -1.18. The van der Waals surface area contributed by atoms with Gasteiger partial charge in [-0.25, -0.2) is 0 Å². The maximum Gasteiger partial charge on any atom is 0.0597 e. The predicted molar refractivity (Wildman–Crippen MR) is 49.0 cm³/mol. The van der Waals surface area contributed by atoms with E-state index >= 15 is 0 Å². The van der Waals surface area contributed by atoms with E-state index in [2.05, 4.69) is 10.0 Å². The van der Waals surface area contributed by atoms with Crippen LogP contribution >= 0.6 is 11.6 Å². The lowest BCUT2D eigenvalue weighted by Crippen LogP contribution is -1.86. The van der Waals surface area contributed by atoms with Gasteiger partial charge in [-0.3, -0.25) is 0 Å². The molecule has 0 radical (unpaired) electrons. The van der Waals surface area contributed by atoms with Crippen LogP contribution in [0.15, 0.2) is 29.4 Å². The summed E-state index contributed by atoms with van der Waals surface area (Å²) in [6.45, 7) is 1.82. The average molecular weight is 182 g/mol. The second-order valence-electron chi connectivity index (χ2n) is 2.44. The molecule has 1 aromatic rings. The fourth-order valence-corrected chi connectivity index (χ4v) is 1.11. The molecule has 0 spiro atoms. The number of rotatable bonds is 2. The third kappa shape index (κ3) is 2.16. The van der Waals surface area contributed by atoms with Crippen molar-refractivity contribution in [3.05, 3.63) is 45.3 Å². The van der Waals surface area contributed by atoms with E-state index in [0.29, 0.717) is 5.02 Å². The summed E-state index contributed by atoms with van der Waals surface area (Å²) in [4.78, 5) is 2.72. The van der Waals surface area contributed by atoms with E-state index in [1.54, 1.807) is 12.1 Å². The zero-order valence-corrected chi connectivity index (χ0v) is 7.36. The fraction of sp³-hybridized carbons (Fsp3) is 0.250. The highest BCUT2D eigenvalue weighted by atomic mass is 35.5. The maximum atomic E-state index is 8.19. The van der Waals surface area contributed by atoms with Crippen LogP contribution in [0.5, 0.6) is 0 Å². The van der Waals surface area contributed by atoms with Gasteiger partial charge in [-0.15, -0.1) is 0 Å². The molecule has 62 valence electrons. The normalized spacial score (nSPS) is 11.8. The summed E-state index contributed by atoms with van der Waals surface area (Å²) in [5.41, 5.74) is 9.12. The van der Waals surface area contributed by atoms with Crippen LogP contribution in [-0.2, 0) is 0 Å². The first-order valence-corrected chi connectivity index (χ1v) is 3.91. The van der Waals surface area contributed by atoms with E-state index in [1.165, 1.54) is 0 Å². The van der Waals surface area contributed by atoms with Crippen molar-refractivity contribution in [3.8, 4) is 0 Å². The first-order chi connectivity index (χ1) is 5.74. The molecule has 4 heteroatoms. The van der Waals surface area contributed by atoms with Crippen molar-refractivity contribution in [3.63, 3.8) is 0 Å². The molecule has 0 fully saturated rings. The summed E-state index contributed by atoms with van der Waals surface area (Å²) in [7, 11) is 0. The zero-order chi connectivity index (χ0) is 8.97. The van der Waals surface area contributed by atoms with Gasteiger partial charge >= 0.3 is 0 Å². The van der Waals surface area contributed by atoms with Gasteiger partial charge in [-0.1, -0.05) is 35.8 Å². The summed E-state index contributed by atoms with van der Waals surface area (Å²) in [5.74, 6) is 0. The second-order valence-corrected chi connectivity index (χ2v) is 2.87. The van der Waals surface area contributed by atoms with Gasteiger partial charge in [0, 0.05) is 9.93 Å². The van der Waals surface area contributed by atoms with Crippen molar-refractivity contribution in [2.45, 2.75) is 13.0 Å². The smallest absolute Gasteiger partial charge is 0.0597 e. The van der Waals surface area contributed by atoms with Crippen molar-refractivity contribution < 1.29 is 0 Å². The molecule has 0 saturated carbocycles. The Labute approximate surface area is 75.6 Å². The number of halogens is 1. The molecular formula is C8H8ClN3. The van der Waals surface area contributed by atoms with Crippen LogP contribution in [-0.4, -0.2) is 0 Å². The van der Waals surface area contributed by atoms with Gasteiger partial charge in [0.25, 0.3) is 0 Å². The topological polar surface area (TPSA) is 48.8 Å². The van der Waals surface area contributed by atoms with Crippen LogP contribution in [0.25, 0.3) is 10.4 Å². The van der Waals surface area contributed by atoms with Crippen LogP contribution in [0.3, 0.4) is 0 Å². The molecule has 1 atom stereocenters. The van der Waals surface area contributed by atoms with Crippen LogP contribution in [0, 0.1) is 0 Å². The highest BCUT2D eigenvalue weighted by molar-refractivity contribution is 6.30. The average Bonchev–Trinajstić information content (AvgIpc) is 2.05. The molecule has 0 N–H and O–H groups in total. The summed E-state index contributed by atoms with van der Waals surface area (Å²) in [6.07, 6.45) is 0. The molecule has 0 aliphatic heterocycles. The quantitative estimate of drug-likeness (QED) is 0.379. The van der Waals surface area contributed by atoms with Crippen LogP contribution in [0.1, 0.15) is 18.5 Å². The van der Waals surface area contributed by atoms with Gasteiger partial charge in [0.05, 0.1) is 6.04 Å². The van der Waals surface area contributed by atoms with Crippen LogP contribution in [0.4, 0.5) is 0 Å². The lowest BCUT2D eigenvalue weighted by molar-refractivity contribution is 0.808. The Bertz CT molecular complexity index is 318. The molecule has 0 aromatic heterocycles. The molecule has 3 nitrogen and oxygen atoms in total. The number of hydrogen-bond acceptors (Lipinski definition) is 1. The molecule has 0 amide bonds. The zero-order valence-electron chi connectivity index (χ0n) is 6.61. The van der Waals surface area contributed by atoms with Gasteiger partial charge < -0.3 is 0 Å². The number of azide groups is 1. The van der Waals surface area contributed by atoms with E-state index < -0.39 is 0 Å². The van der Waals surface area contributed by atoms with Gasteiger partial charge in [0.2, 0.25) is 0 Å². The molecule has 1 rings (SSSR count). The van der Waals surface area contributed by atoms with Gasteiger partial charge in [-0.05, 0) is 23.2 Å². The van der Waals surface area contributed by atoms with Crippen LogP contribution in [0.2, 0.25) is 5.02 Å². The fourth-order valence-electron chi connectivity index (χ4n) is 0.911. The lowest BCUT2D eigenvalue weighted by atomic mass is 10.1. The summed E-state index contributed by atoms with van der Waals surface area (Å²) >= 11 is 5.75. The third-order valence-electron chi connectivity index (χ3n) is 1.56. The monoisotopic (exact) mass is 181 g/mol. The second kappa shape index (κ2) is 4.00. The predicted octanol–water partition coefficient (Wildman–Crippen LogP) is 3.71. The molecule has 0 aliphatic carbocycles. The summed E-state index contributed by atoms with van der Waals surface area (Å²) in [6, 6.07) is 7.13. The molecule has 1 aromatic carbocycles. The molecule has 0 bridgehead atoms. The highest BCUT2D eigenvalue weighted by Gasteiger charge is 2.01. The minimum atomic E-state index is -0.159. The molecule has 0 saturated heterocycles. The molecule has 12 heavy (non-hydrogen) atoms. The van der Waals surface area contributed by atoms with E-state index in [-0.39, 0.29) is 6.04 Å². The van der Waals surface area contributed by atoms with Crippen LogP contribution < -0.4 is 0 Å². The Morgan fingerprint density at radius 2 is 2.33 bits per heavy atom. The number of hydrogen-bond donors (Lipinski definition) is 0. The molecule has 0 unspecified atom stereocenters. The Morgan fingerprint density at radius 3 is 2.92 bits per heavy atom. The lowest BCUT2D eigenvalue weighted by Gasteiger charge is -2.03. The Kier molecular flexibility index (Phi) is 2.97. The minimum Gasteiger partial charge on any atom is -0.0862 e. The summed E-state index contributed by atoms with van der Waals surface area (Å²) in [5, 5.41) is 4.22. The number of benzene rings is 1. The van der Waals surface area contributed by atoms with E-state index in [1.807, 2.05) is 19.1 Å². The number of nitrogens with zero attached hydrogens (tertiary/aromatic N) is 3. The van der Waals surface area contributed by atoms with E-state index in [4.69, 9.17) is 17.1 Å².